The molecule has 0 amide bonds. The van der Waals surface area contributed by atoms with Crippen LogP contribution in [0.2, 0.25) is 0 Å². The fraction of sp³-hybridized carbons (Fsp3) is 0.417. The number of benzene rings is 1. The third-order valence-electron chi connectivity index (χ3n) is 2.20. The molecule has 0 aliphatic carbocycles. The highest BCUT2D eigenvalue weighted by Gasteiger charge is 2.16. The van der Waals surface area contributed by atoms with Crippen molar-refractivity contribution >= 4 is 21.9 Å². The van der Waals surface area contributed by atoms with Crippen LogP contribution in [0.1, 0.15) is 28.4 Å². The lowest BCUT2D eigenvalue weighted by molar-refractivity contribution is 0.0525. The van der Waals surface area contributed by atoms with Gasteiger partial charge in [0.25, 0.3) is 0 Å². The van der Waals surface area contributed by atoms with Gasteiger partial charge in [-0.1, -0.05) is 15.9 Å². The van der Waals surface area contributed by atoms with E-state index in [1.165, 1.54) is 0 Å². The predicted molar refractivity (Wildman–Crippen MR) is 66.3 cm³/mol. The van der Waals surface area contributed by atoms with Gasteiger partial charge in [-0.3, -0.25) is 0 Å². The van der Waals surface area contributed by atoms with Gasteiger partial charge in [0.15, 0.2) is 0 Å². The number of hydrogen-bond acceptors (Lipinski definition) is 3. The lowest BCUT2D eigenvalue weighted by Gasteiger charge is -2.12. The monoisotopic (exact) mass is 286 g/mol. The smallest absolute Gasteiger partial charge is 0.338 e. The van der Waals surface area contributed by atoms with Crippen LogP contribution in [0.15, 0.2) is 12.1 Å². The van der Waals surface area contributed by atoms with Crippen molar-refractivity contribution in [2.24, 2.45) is 0 Å². The first-order chi connectivity index (χ1) is 7.63. The van der Waals surface area contributed by atoms with Crippen LogP contribution in [-0.4, -0.2) is 19.7 Å². The summed E-state index contributed by atoms with van der Waals surface area (Å²) in [7, 11) is 1.59. The fourth-order valence-electron chi connectivity index (χ4n) is 1.49. The third-order valence-corrected chi connectivity index (χ3v) is 2.76. The van der Waals surface area contributed by atoms with Gasteiger partial charge >= 0.3 is 5.97 Å². The van der Waals surface area contributed by atoms with E-state index >= 15 is 0 Å². The Morgan fingerprint density at radius 3 is 2.62 bits per heavy atom. The Kier molecular flexibility index (Phi) is 4.80. The van der Waals surface area contributed by atoms with Crippen molar-refractivity contribution in [1.29, 1.82) is 0 Å². The molecular formula is C12H15BrO3. The summed E-state index contributed by atoms with van der Waals surface area (Å²) in [4.78, 5) is 11.7. The van der Waals surface area contributed by atoms with E-state index in [0.717, 1.165) is 11.1 Å². The Bertz CT molecular complexity index is 388. The number of aryl methyl sites for hydroxylation is 1. The molecule has 0 radical (unpaired) electrons. The Hall–Kier alpha value is -1.03. The van der Waals surface area contributed by atoms with E-state index in [1.807, 2.05) is 19.1 Å². The minimum atomic E-state index is -0.307. The molecule has 0 N–H and O–H groups in total. The van der Waals surface area contributed by atoms with Gasteiger partial charge in [-0.2, -0.15) is 0 Å². The lowest BCUT2D eigenvalue weighted by atomic mass is 10.0. The van der Waals surface area contributed by atoms with Gasteiger partial charge < -0.3 is 9.47 Å². The summed E-state index contributed by atoms with van der Waals surface area (Å²) in [6, 6.07) is 3.72. The van der Waals surface area contributed by atoms with E-state index in [-0.39, 0.29) is 5.97 Å². The average Bonchev–Trinajstić information content (AvgIpc) is 2.28. The molecule has 0 saturated carbocycles. The summed E-state index contributed by atoms with van der Waals surface area (Å²) >= 11 is 3.36. The van der Waals surface area contributed by atoms with Crippen LogP contribution < -0.4 is 4.74 Å². The molecule has 0 fully saturated rings. The molecular weight excluding hydrogens is 272 g/mol. The minimum Gasteiger partial charge on any atom is -0.496 e. The number of ether oxygens (including phenoxy) is 2. The van der Waals surface area contributed by atoms with E-state index in [0.29, 0.717) is 23.2 Å². The molecule has 0 bridgehead atoms. The van der Waals surface area contributed by atoms with E-state index in [2.05, 4.69) is 15.9 Å². The minimum absolute atomic E-state index is 0.307. The molecule has 0 aromatic heterocycles. The van der Waals surface area contributed by atoms with E-state index in [9.17, 15) is 4.79 Å². The third kappa shape index (κ3) is 2.76. The zero-order valence-electron chi connectivity index (χ0n) is 9.67. The summed E-state index contributed by atoms with van der Waals surface area (Å²) in [6.45, 7) is 4.08. The maximum atomic E-state index is 11.7. The van der Waals surface area contributed by atoms with Crippen molar-refractivity contribution in [2.75, 3.05) is 13.7 Å². The predicted octanol–water partition coefficient (Wildman–Crippen LogP) is 3.08. The quantitative estimate of drug-likeness (QED) is 0.630. The Labute approximate surface area is 104 Å². The molecule has 3 nitrogen and oxygen atoms in total. The van der Waals surface area contributed by atoms with Crippen LogP contribution >= 0.6 is 15.9 Å². The molecule has 4 heteroatoms. The van der Waals surface area contributed by atoms with Gasteiger partial charge in [-0.15, -0.1) is 0 Å². The number of halogens is 1. The standard InChI is InChI=1S/C12H15BrO3/c1-4-16-12(14)9-5-8(2)6-11(15-3)10(9)7-13/h5-6H,4,7H2,1-3H3. The molecule has 16 heavy (non-hydrogen) atoms. The molecule has 1 aromatic carbocycles. The lowest BCUT2D eigenvalue weighted by Crippen LogP contribution is -2.09. The van der Waals surface area contributed by atoms with Gasteiger partial charge in [0.2, 0.25) is 0 Å². The number of methoxy groups -OCH3 is 1. The van der Waals surface area contributed by atoms with Crippen LogP contribution in [0.4, 0.5) is 0 Å². The summed E-state index contributed by atoms with van der Waals surface area (Å²) in [5, 5.41) is 0.560. The molecule has 88 valence electrons. The zero-order valence-corrected chi connectivity index (χ0v) is 11.3. The molecule has 0 saturated heterocycles. The van der Waals surface area contributed by atoms with E-state index in [1.54, 1.807) is 14.0 Å². The topological polar surface area (TPSA) is 35.5 Å². The van der Waals surface area contributed by atoms with Crippen molar-refractivity contribution in [3.05, 3.63) is 28.8 Å². The van der Waals surface area contributed by atoms with Crippen molar-refractivity contribution in [3.63, 3.8) is 0 Å². The number of esters is 1. The largest absolute Gasteiger partial charge is 0.496 e. The zero-order chi connectivity index (χ0) is 12.1. The summed E-state index contributed by atoms with van der Waals surface area (Å²) < 4.78 is 10.3. The van der Waals surface area contributed by atoms with Gasteiger partial charge in [0.05, 0.1) is 19.3 Å². The highest BCUT2D eigenvalue weighted by molar-refractivity contribution is 9.08. The fourth-order valence-corrected chi connectivity index (χ4v) is 2.07. The Morgan fingerprint density at radius 2 is 2.12 bits per heavy atom. The molecule has 0 atom stereocenters. The van der Waals surface area contributed by atoms with Crippen LogP contribution in [0.3, 0.4) is 0 Å². The second-order valence-corrected chi connectivity index (χ2v) is 3.91. The van der Waals surface area contributed by atoms with Crippen molar-refractivity contribution in [3.8, 4) is 5.75 Å². The molecule has 0 aliphatic rings. The average molecular weight is 287 g/mol. The number of hydrogen-bond donors (Lipinski definition) is 0. The second kappa shape index (κ2) is 5.89. The molecule has 0 heterocycles. The Balaban J connectivity index is 3.24. The normalized spacial score (nSPS) is 10.0. The molecule has 1 aromatic rings. The number of alkyl halides is 1. The van der Waals surface area contributed by atoms with Crippen molar-refractivity contribution in [2.45, 2.75) is 19.2 Å². The SMILES string of the molecule is CCOC(=O)c1cc(C)cc(OC)c1CBr. The van der Waals surface area contributed by atoms with Crippen LogP contribution in [-0.2, 0) is 10.1 Å². The van der Waals surface area contributed by atoms with Gasteiger partial charge in [0.1, 0.15) is 5.75 Å². The van der Waals surface area contributed by atoms with Crippen molar-refractivity contribution in [1.82, 2.24) is 0 Å². The molecule has 0 unspecified atom stereocenters. The number of carbonyl (C=O) groups excluding carboxylic acids is 1. The van der Waals surface area contributed by atoms with Crippen LogP contribution in [0.5, 0.6) is 5.75 Å². The second-order valence-electron chi connectivity index (χ2n) is 3.35. The number of carbonyl (C=O) groups is 1. The first kappa shape index (κ1) is 13.0. The van der Waals surface area contributed by atoms with E-state index < -0.39 is 0 Å². The van der Waals surface area contributed by atoms with Crippen LogP contribution in [0, 0.1) is 6.92 Å². The van der Waals surface area contributed by atoms with Gasteiger partial charge in [0, 0.05) is 10.9 Å². The number of rotatable bonds is 4. The van der Waals surface area contributed by atoms with Crippen LogP contribution in [0.25, 0.3) is 0 Å². The van der Waals surface area contributed by atoms with E-state index in [4.69, 9.17) is 9.47 Å². The maximum Gasteiger partial charge on any atom is 0.338 e. The highest BCUT2D eigenvalue weighted by Crippen LogP contribution is 2.27. The van der Waals surface area contributed by atoms with Crippen molar-refractivity contribution < 1.29 is 14.3 Å². The Morgan fingerprint density at radius 1 is 1.44 bits per heavy atom. The molecule has 1 rings (SSSR count). The molecule has 0 aliphatic heterocycles. The first-order valence-electron chi connectivity index (χ1n) is 5.04. The summed E-state index contributed by atoms with van der Waals surface area (Å²) in [5.74, 6) is 0.402. The summed E-state index contributed by atoms with van der Waals surface area (Å²) in [6.07, 6.45) is 0. The molecule has 0 spiro atoms. The first-order valence-corrected chi connectivity index (χ1v) is 6.16. The summed E-state index contributed by atoms with van der Waals surface area (Å²) in [5.41, 5.74) is 2.37. The van der Waals surface area contributed by atoms with Gasteiger partial charge in [-0.25, -0.2) is 4.79 Å². The van der Waals surface area contributed by atoms with Gasteiger partial charge in [-0.05, 0) is 31.5 Å². The maximum absolute atomic E-state index is 11.7. The highest BCUT2D eigenvalue weighted by atomic mass is 79.9.